The number of nitrogens with two attached hydrogens (primary N) is 1. The molecule has 1 aliphatic heterocycles. The summed E-state index contributed by atoms with van der Waals surface area (Å²) in [5.74, 6) is -0.375. The molecule has 0 saturated carbocycles. The minimum absolute atomic E-state index is 0.0928. The Kier molecular flexibility index (Phi) is 8.70. The number of anilines is 1. The average molecular weight is 589 g/mol. The SMILES string of the molecule is C[C@H](NP(=O)(OC[C@H]1O[C@@](C#N)(c2ccc3c(N)ncnn23)[C@H](O)[C@@H]1O)Oc1ccccc1)C(=O)OCC(C)(C)C. The van der Waals surface area contributed by atoms with E-state index in [0.717, 1.165) is 0 Å². The Labute approximate surface area is 236 Å². The number of fused-ring (bicyclic) bond motifs is 1. The quantitative estimate of drug-likeness (QED) is 0.198. The van der Waals surface area contributed by atoms with Gasteiger partial charge in [-0.15, -0.1) is 0 Å². The smallest absolute Gasteiger partial charge is 0.459 e. The lowest BCUT2D eigenvalue weighted by Gasteiger charge is -2.26. The molecule has 0 bridgehead atoms. The van der Waals surface area contributed by atoms with E-state index in [1.165, 1.54) is 36.0 Å². The second-order valence-electron chi connectivity index (χ2n) is 10.8. The normalized spacial score (nSPS) is 24.9. The van der Waals surface area contributed by atoms with Gasteiger partial charge in [0.25, 0.3) is 0 Å². The lowest BCUT2D eigenvalue weighted by Crippen LogP contribution is -2.41. The van der Waals surface area contributed by atoms with E-state index in [-0.39, 0.29) is 29.3 Å². The van der Waals surface area contributed by atoms with Crippen molar-refractivity contribution < 1.29 is 38.1 Å². The summed E-state index contributed by atoms with van der Waals surface area (Å²) in [5.41, 5.74) is 3.97. The van der Waals surface area contributed by atoms with Crippen molar-refractivity contribution in [2.75, 3.05) is 18.9 Å². The second-order valence-corrected chi connectivity index (χ2v) is 12.5. The summed E-state index contributed by atoms with van der Waals surface area (Å²) in [7, 11) is -4.32. The summed E-state index contributed by atoms with van der Waals surface area (Å²) in [4.78, 5) is 16.5. The minimum atomic E-state index is -4.32. The molecule has 1 aromatic carbocycles. The van der Waals surface area contributed by atoms with Crippen molar-refractivity contribution in [3.63, 3.8) is 0 Å². The Morgan fingerprint density at radius 3 is 2.66 bits per heavy atom. The number of rotatable bonds is 10. The highest BCUT2D eigenvalue weighted by Gasteiger charge is 2.58. The number of nitriles is 1. The van der Waals surface area contributed by atoms with E-state index in [9.17, 15) is 24.8 Å². The van der Waals surface area contributed by atoms with Gasteiger partial charge in [0.15, 0.2) is 5.82 Å². The maximum atomic E-state index is 13.9. The first-order chi connectivity index (χ1) is 19.3. The third-order valence-electron chi connectivity index (χ3n) is 6.22. The molecule has 1 unspecified atom stereocenters. The fourth-order valence-corrected chi connectivity index (χ4v) is 5.64. The zero-order chi connectivity index (χ0) is 30.0. The third-order valence-corrected chi connectivity index (χ3v) is 7.86. The molecule has 15 heteroatoms. The molecule has 4 rings (SSSR count). The van der Waals surface area contributed by atoms with E-state index < -0.39 is 50.3 Å². The number of nitrogens with zero attached hydrogens (tertiary/aromatic N) is 4. The van der Waals surface area contributed by atoms with Crippen LogP contribution in [0.2, 0.25) is 0 Å². The first-order valence-electron chi connectivity index (χ1n) is 12.8. The number of benzene rings is 1. The molecule has 6 atom stereocenters. The van der Waals surface area contributed by atoms with Gasteiger partial charge in [0, 0.05) is 0 Å². The summed E-state index contributed by atoms with van der Waals surface area (Å²) >= 11 is 0. The number of esters is 1. The number of aliphatic hydroxyl groups is 2. The van der Waals surface area contributed by atoms with Crippen LogP contribution in [0.15, 0.2) is 48.8 Å². The van der Waals surface area contributed by atoms with Crippen molar-refractivity contribution in [2.24, 2.45) is 5.41 Å². The number of hydrogen-bond acceptors (Lipinski definition) is 12. The van der Waals surface area contributed by atoms with Crippen molar-refractivity contribution >= 4 is 25.1 Å². The van der Waals surface area contributed by atoms with Crippen molar-refractivity contribution in [3.8, 4) is 11.8 Å². The molecule has 3 heterocycles. The standard InChI is InChI=1S/C26H33N6O8P/c1-16(24(35)37-14-25(2,3)4)31-41(36,40-17-8-6-5-7-9-17)38-12-19-21(33)22(34)26(13-27,39-19)20-11-10-18-23(28)29-15-30-32(18)20/h5-11,15-16,19,21-22,33-34H,12,14H2,1-4H3,(H,31,36)(H2,28,29,30)/t16-,19+,21+,22+,26-,41?/m0/s1. The molecule has 220 valence electrons. The molecule has 2 aromatic heterocycles. The average Bonchev–Trinajstić information content (AvgIpc) is 3.47. The van der Waals surface area contributed by atoms with Gasteiger partial charge in [-0.2, -0.15) is 15.4 Å². The summed E-state index contributed by atoms with van der Waals surface area (Å²) in [5, 5.41) is 38.6. The van der Waals surface area contributed by atoms with E-state index in [0.29, 0.717) is 5.52 Å². The predicted molar refractivity (Wildman–Crippen MR) is 145 cm³/mol. The van der Waals surface area contributed by atoms with Crippen LogP contribution in [0.1, 0.15) is 33.4 Å². The molecule has 1 fully saturated rings. The van der Waals surface area contributed by atoms with Crippen LogP contribution >= 0.6 is 7.75 Å². The van der Waals surface area contributed by atoms with E-state index >= 15 is 0 Å². The molecule has 1 saturated heterocycles. The van der Waals surface area contributed by atoms with Gasteiger partial charge in [-0.05, 0) is 36.6 Å². The molecule has 0 radical (unpaired) electrons. The van der Waals surface area contributed by atoms with Gasteiger partial charge >= 0.3 is 13.7 Å². The number of aromatic nitrogens is 3. The van der Waals surface area contributed by atoms with Crippen LogP contribution < -0.4 is 15.3 Å². The first kappa shape index (κ1) is 30.4. The maximum absolute atomic E-state index is 13.9. The number of nitrogen functional groups attached to an aromatic ring is 1. The second kappa shape index (κ2) is 11.7. The highest BCUT2D eigenvalue weighted by molar-refractivity contribution is 7.52. The van der Waals surface area contributed by atoms with Crippen molar-refractivity contribution in [3.05, 3.63) is 54.5 Å². The van der Waals surface area contributed by atoms with Gasteiger partial charge in [0.1, 0.15) is 48.0 Å². The zero-order valence-corrected chi connectivity index (χ0v) is 23.9. The summed E-state index contributed by atoms with van der Waals surface area (Å²) < 4.78 is 37.6. The number of hydrogen-bond donors (Lipinski definition) is 4. The summed E-state index contributed by atoms with van der Waals surface area (Å²) in [6, 6.07) is 11.9. The number of para-hydroxylation sites is 1. The van der Waals surface area contributed by atoms with E-state index in [2.05, 4.69) is 15.2 Å². The third kappa shape index (κ3) is 6.51. The molecule has 0 amide bonds. The van der Waals surface area contributed by atoms with Crippen LogP contribution in [-0.2, 0) is 29.0 Å². The number of nitrogens with one attached hydrogen (secondary N) is 1. The molecule has 5 N–H and O–H groups in total. The number of ether oxygens (including phenoxy) is 2. The van der Waals surface area contributed by atoms with Gasteiger partial charge in [-0.3, -0.25) is 9.32 Å². The van der Waals surface area contributed by atoms with Crippen LogP contribution in [0, 0.1) is 16.7 Å². The minimum Gasteiger partial charge on any atom is -0.464 e. The largest absolute Gasteiger partial charge is 0.464 e. The Morgan fingerprint density at radius 1 is 1.29 bits per heavy atom. The van der Waals surface area contributed by atoms with E-state index in [4.69, 9.17) is 24.3 Å². The van der Waals surface area contributed by atoms with Crippen molar-refractivity contribution in [1.29, 1.82) is 5.26 Å². The lowest BCUT2D eigenvalue weighted by atomic mass is 9.92. The molecule has 0 spiro atoms. The molecule has 0 aliphatic carbocycles. The first-order valence-corrected chi connectivity index (χ1v) is 14.3. The topological polar surface area (TPSA) is 204 Å². The highest BCUT2D eigenvalue weighted by atomic mass is 31.2. The zero-order valence-electron chi connectivity index (χ0n) is 23.0. The number of carbonyl (C=O) groups is 1. The molecular weight excluding hydrogens is 555 g/mol. The summed E-state index contributed by atoms with van der Waals surface area (Å²) in [6.45, 7) is 6.66. The molecule has 41 heavy (non-hydrogen) atoms. The number of carbonyl (C=O) groups excluding carboxylic acids is 1. The maximum Gasteiger partial charge on any atom is 0.459 e. The lowest BCUT2D eigenvalue weighted by molar-refractivity contribution is -0.148. The fourth-order valence-electron chi connectivity index (χ4n) is 4.13. The monoisotopic (exact) mass is 588 g/mol. The highest BCUT2D eigenvalue weighted by Crippen LogP contribution is 2.47. The molecule has 3 aromatic rings. The van der Waals surface area contributed by atoms with Gasteiger partial charge in [-0.1, -0.05) is 39.0 Å². The van der Waals surface area contributed by atoms with E-state index in [1.807, 2.05) is 26.8 Å². The Bertz CT molecular complexity index is 1470. The fraction of sp³-hybridized carbons (Fsp3) is 0.462. The van der Waals surface area contributed by atoms with Gasteiger partial charge < -0.3 is 29.9 Å². The predicted octanol–water partition coefficient (Wildman–Crippen LogP) is 1.92. The molecule has 14 nitrogen and oxygen atoms in total. The van der Waals surface area contributed by atoms with Crippen molar-refractivity contribution in [2.45, 2.75) is 57.6 Å². The Hall–Kier alpha value is -3.57. The number of aliphatic hydroxyl groups excluding tert-OH is 2. The van der Waals surface area contributed by atoms with Crippen LogP contribution in [0.5, 0.6) is 5.75 Å². The Balaban J connectivity index is 1.55. The van der Waals surface area contributed by atoms with Crippen LogP contribution in [0.25, 0.3) is 5.52 Å². The Morgan fingerprint density at radius 2 is 2.00 bits per heavy atom. The van der Waals surface area contributed by atoms with Gasteiger partial charge in [-0.25, -0.2) is 14.1 Å². The summed E-state index contributed by atoms with van der Waals surface area (Å²) in [6.07, 6.45) is -3.55. The van der Waals surface area contributed by atoms with Gasteiger partial charge in [0.05, 0.1) is 18.9 Å². The molecule has 1 aliphatic rings. The molecular formula is C26H33N6O8P. The van der Waals surface area contributed by atoms with Crippen LogP contribution in [0.3, 0.4) is 0 Å². The van der Waals surface area contributed by atoms with Crippen molar-refractivity contribution in [1.82, 2.24) is 19.7 Å². The van der Waals surface area contributed by atoms with E-state index in [1.54, 1.807) is 24.3 Å². The van der Waals surface area contributed by atoms with Gasteiger partial charge in [0.2, 0.25) is 5.60 Å². The van der Waals surface area contributed by atoms with Crippen LogP contribution in [-0.4, -0.2) is 68.3 Å². The van der Waals surface area contributed by atoms with Crippen LogP contribution in [0.4, 0.5) is 5.82 Å².